The summed E-state index contributed by atoms with van der Waals surface area (Å²) >= 11 is 0. The van der Waals surface area contributed by atoms with Crippen LogP contribution in [0.5, 0.6) is 5.75 Å². The van der Waals surface area contributed by atoms with Gasteiger partial charge in [0.05, 0.1) is 0 Å². The largest absolute Gasteiger partial charge is 0.490 e. The standard InChI is InChI=1S/C19H31NO/c1-13(2)8-16(12-20-14(3)4)10-18-11-17-9-15(5)6-7-19(17)21-18/h6-7,9,13-14,16,18,20H,8,10-12H2,1-5H3. The zero-order valence-corrected chi connectivity index (χ0v) is 14.3. The highest BCUT2D eigenvalue weighted by atomic mass is 16.5. The van der Waals surface area contributed by atoms with Gasteiger partial charge in [0.2, 0.25) is 0 Å². The van der Waals surface area contributed by atoms with E-state index in [1.807, 2.05) is 0 Å². The van der Waals surface area contributed by atoms with Gasteiger partial charge in [-0.1, -0.05) is 45.4 Å². The molecule has 2 atom stereocenters. The molecule has 1 N–H and O–H groups in total. The summed E-state index contributed by atoms with van der Waals surface area (Å²) < 4.78 is 6.15. The summed E-state index contributed by atoms with van der Waals surface area (Å²) in [5, 5.41) is 3.60. The van der Waals surface area contributed by atoms with Crippen LogP contribution < -0.4 is 10.1 Å². The fourth-order valence-corrected chi connectivity index (χ4v) is 3.28. The van der Waals surface area contributed by atoms with Crippen molar-refractivity contribution in [3.05, 3.63) is 29.3 Å². The van der Waals surface area contributed by atoms with Gasteiger partial charge in [0, 0.05) is 12.5 Å². The first kappa shape index (κ1) is 16.4. The van der Waals surface area contributed by atoms with Crippen molar-refractivity contribution in [3.8, 4) is 5.75 Å². The topological polar surface area (TPSA) is 21.3 Å². The lowest BCUT2D eigenvalue weighted by Gasteiger charge is -2.23. The summed E-state index contributed by atoms with van der Waals surface area (Å²) in [5.74, 6) is 2.55. The van der Waals surface area contributed by atoms with Gasteiger partial charge in [-0.05, 0) is 49.8 Å². The maximum absolute atomic E-state index is 6.15. The van der Waals surface area contributed by atoms with Crippen LogP contribution in [0.15, 0.2) is 18.2 Å². The van der Waals surface area contributed by atoms with Gasteiger partial charge < -0.3 is 10.1 Å². The van der Waals surface area contributed by atoms with E-state index in [0.29, 0.717) is 18.1 Å². The molecule has 0 saturated carbocycles. The number of aryl methyl sites for hydroxylation is 1. The smallest absolute Gasteiger partial charge is 0.123 e. The van der Waals surface area contributed by atoms with Crippen LogP contribution in [0.1, 0.15) is 51.7 Å². The van der Waals surface area contributed by atoms with E-state index in [0.717, 1.165) is 31.1 Å². The third kappa shape index (κ3) is 5.03. The third-order valence-electron chi connectivity index (χ3n) is 4.17. The number of fused-ring (bicyclic) bond motifs is 1. The number of nitrogens with one attached hydrogen (secondary N) is 1. The second-order valence-corrected chi connectivity index (χ2v) is 7.35. The van der Waals surface area contributed by atoms with Gasteiger partial charge in [-0.3, -0.25) is 0 Å². The first-order valence-electron chi connectivity index (χ1n) is 8.43. The summed E-state index contributed by atoms with van der Waals surface area (Å²) in [6, 6.07) is 7.12. The molecule has 0 amide bonds. The molecular weight excluding hydrogens is 258 g/mol. The molecule has 1 aliphatic rings. The van der Waals surface area contributed by atoms with Crippen LogP contribution in [0.2, 0.25) is 0 Å². The molecule has 0 saturated heterocycles. The Labute approximate surface area is 130 Å². The quantitative estimate of drug-likeness (QED) is 0.806. The van der Waals surface area contributed by atoms with E-state index in [9.17, 15) is 0 Å². The highest BCUT2D eigenvalue weighted by Gasteiger charge is 2.26. The summed E-state index contributed by atoms with van der Waals surface area (Å²) in [6.07, 6.45) is 3.87. The maximum Gasteiger partial charge on any atom is 0.123 e. The monoisotopic (exact) mass is 289 g/mol. The van der Waals surface area contributed by atoms with Crippen molar-refractivity contribution in [2.75, 3.05) is 6.54 Å². The summed E-state index contributed by atoms with van der Waals surface area (Å²) in [5.41, 5.74) is 2.72. The molecule has 2 unspecified atom stereocenters. The van der Waals surface area contributed by atoms with Crippen molar-refractivity contribution < 1.29 is 4.74 Å². The van der Waals surface area contributed by atoms with Gasteiger partial charge in [0.15, 0.2) is 0 Å². The number of benzene rings is 1. The predicted octanol–water partition coefficient (Wildman–Crippen LogP) is 4.35. The molecule has 2 rings (SSSR count). The maximum atomic E-state index is 6.15. The molecular formula is C19H31NO. The summed E-state index contributed by atoms with van der Waals surface area (Å²) in [6.45, 7) is 12.3. The van der Waals surface area contributed by atoms with E-state index >= 15 is 0 Å². The number of rotatable bonds is 7. The van der Waals surface area contributed by atoms with E-state index in [1.165, 1.54) is 17.5 Å². The Morgan fingerprint density at radius 3 is 2.67 bits per heavy atom. The van der Waals surface area contributed by atoms with E-state index in [-0.39, 0.29) is 0 Å². The highest BCUT2D eigenvalue weighted by Crippen LogP contribution is 2.32. The van der Waals surface area contributed by atoms with Gasteiger partial charge >= 0.3 is 0 Å². The van der Waals surface area contributed by atoms with Gasteiger partial charge in [0.25, 0.3) is 0 Å². The fraction of sp³-hybridized carbons (Fsp3) is 0.684. The van der Waals surface area contributed by atoms with Crippen LogP contribution in [0.4, 0.5) is 0 Å². The summed E-state index contributed by atoms with van der Waals surface area (Å²) in [4.78, 5) is 0. The van der Waals surface area contributed by atoms with Crippen LogP contribution in [0.3, 0.4) is 0 Å². The van der Waals surface area contributed by atoms with Crippen molar-refractivity contribution >= 4 is 0 Å². The number of hydrogen-bond donors (Lipinski definition) is 1. The lowest BCUT2D eigenvalue weighted by atomic mass is 9.90. The average Bonchev–Trinajstić information content (AvgIpc) is 2.76. The Balaban J connectivity index is 1.92. The van der Waals surface area contributed by atoms with Crippen molar-refractivity contribution in [2.45, 2.75) is 66.0 Å². The fourth-order valence-electron chi connectivity index (χ4n) is 3.28. The van der Waals surface area contributed by atoms with E-state index in [1.54, 1.807) is 0 Å². The molecule has 0 radical (unpaired) electrons. The average molecular weight is 289 g/mol. The molecule has 0 aromatic heterocycles. The minimum Gasteiger partial charge on any atom is -0.490 e. The SMILES string of the molecule is Cc1ccc2c(c1)CC(CC(CNC(C)C)CC(C)C)O2. The second kappa shape index (κ2) is 7.31. The van der Waals surface area contributed by atoms with Crippen LogP contribution in [-0.2, 0) is 6.42 Å². The van der Waals surface area contributed by atoms with E-state index in [2.05, 4.69) is 58.1 Å². The van der Waals surface area contributed by atoms with Crippen molar-refractivity contribution in [3.63, 3.8) is 0 Å². The van der Waals surface area contributed by atoms with Gasteiger partial charge in [0.1, 0.15) is 11.9 Å². The Hall–Kier alpha value is -1.02. The molecule has 118 valence electrons. The predicted molar refractivity (Wildman–Crippen MR) is 90.0 cm³/mol. The third-order valence-corrected chi connectivity index (χ3v) is 4.17. The van der Waals surface area contributed by atoms with Crippen molar-refractivity contribution in [2.24, 2.45) is 11.8 Å². The Bertz CT molecular complexity index is 453. The first-order valence-corrected chi connectivity index (χ1v) is 8.43. The Morgan fingerprint density at radius 1 is 1.24 bits per heavy atom. The molecule has 1 aromatic carbocycles. The van der Waals surface area contributed by atoms with Crippen LogP contribution in [0.25, 0.3) is 0 Å². The van der Waals surface area contributed by atoms with Crippen LogP contribution in [-0.4, -0.2) is 18.7 Å². The molecule has 0 bridgehead atoms. The molecule has 1 aliphatic heterocycles. The van der Waals surface area contributed by atoms with Gasteiger partial charge in [-0.15, -0.1) is 0 Å². The molecule has 0 aliphatic carbocycles. The van der Waals surface area contributed by atoms with E-state index in [4.69, 9.17) is 4.74 Å². The van der Waals surface area contributed by atoms with Gasteiger partial charge in [-0.25, -0.2) is 0 Å². The molecule has 2 nitrogen and oxygen atoms in total. The van der Waals surface area contributed by atoms with Crippen LogP contribution >= 0.6 is 0 Å². The molecule has 1 aromatic rings. The molecule has 2 heteroatoms. The van der Waals surface area contributed by atoms with Gasteiger partial charge in [-0.2, -0.15) is 0 Å². The summed E-state index contributed by atoms with van der Waals surface area (Å²) in [7, 11) is 0. The molecule has 1 heterocycles. The van der Waals surface area contributed by atoms with Crippen molar-refractivity contribution in [1.29, 1.82) is 0 Å². The van der Waals surface area contributed by atoms with Crippen molar-refractivity contribution in [1.82, 2.24) is 5.32 Å². The minimum atomic E-state index is 0.361. The Morgan fingerprint density at radius 2 is 2.00 bits per heavy atom. The zero-order valence-electron chi connectivity index (χ0n) is 14.3. The lowest BCUT2D eigenvalue weighted by molar-refractivity contribution is 0.181. The lowest BCUT2D eigenvalue weighted by Crippen LogP contribution is -2.32. The first-order chi connectivity index (χ1) is 9.94. The highest BCUT2D eigenvalue weighted by molar-refractivity contribution is 5.40. The number of hydrogen-bond acceptors (Lipinski definition) is 2. The second-order valence-electron chi connectivity index (χ2n) is 7.35. The van der Waals surface area contributed by atoms with Crippen LogP contribution in [0, 0.1) is 18.8 Å². The molecule has 0 spiro atoms. The molecule has 0 fully saturated rings. The normalized spacial score (nSPS) is 18.9. The minimum absolute atomic E-state index is 0.361. The number of ether oxygens (including phenoxy) is 1. The zero-order chi connectivity index (χ0) is 15.4. The molecule has 21 heavy (non-hydrogen) atoms. The van der Waals surface area contributed by atoms with E-state index < -0.39 is 0 Å². The Kier molecular flexibility index (Phi) is 5.69.